The summed E-state index contributed by atoms with van der Waals surface area (Å²) in [5, 5.41) is 19.8. The molecule has 0 amide bonds. The summed E-state index contributed by atoms with van der Waals surface area (Å²) in [6.45, 7) is 2.35. The highest BCUT2D eigenvalue weighted by atomic mass is 32.2. The first-order chi connectivity index (χ1) is 15.0. The van der Waals surface area contributed by atoms with Crippen molar-refractivity contribution >= 4 is 21.8 Å². The predicted octanol–water partition coefficient (Wildman–Crippen LogP) is 2.87. The van der Waals surface area contributed by atoms with Crippen LogP contribution < -0.4 is 9.47 Å². The lowest BCUT2D eigenvalue weighted by Gasteiger charge is -2.13. The van der Waals surface area contributed by atoms with E-state index < -0.39 is 10.8 Å². The van der Waals surface area contributed by atoms with Crippen LogP contribution in [0.4, 0.5) is 0 Å². The Bertz CT molecular complexity index is 1230. The Hall–Kier alpha value is -3.53. The van der Waals surface area contributed by atoms with Gasteiger partial charge < -0.3 is 24.7 Å². The highest BCUT2D eigenvalue weighted by Gasteiger charge is 2.15. The van der Waals surface area contributed by atoms with Gasteiger partial charge in [-0.25, -0.2) is 4.98 Å². The fourth-order valence-corrected chi connectivity index (χ4v) is 4.28. The zero-order chi connectivity index (χ0) is 22.0. The van der Waals surface area contributed by atoms with E-state index in [9.17, 15) is 14.4 Å². The molecule has 162 valence electrons. The van der Waals surface area contributed by atoms with E-state index in [1.54, 1.807) is 31.5 Å². The minimum atomic E-state index is -1.43. The van der Waals surface area contributed by atoms with E-state index in [0.717, 1.165) is 11.1 Å². The van der Waals surface area contributed by atoms with Crippen molar-refractivity contribution in [1.29, 1.82) is 0 Å². The minimum absolute atomic E-state index is 0.0351. The molecule has 0 bridgehead atoms. The van der Waals surface area contributed by atoms with Crippen LogP contribution >= 0.6 is 0 Å². The summed E-state index contributed by atoms with van der Waals surface area (Å²) < 4.78 is 25.2. The maximum Gasteiger partial charge on any atom is 0.197 e. The highest BCUT2D eigenvalue weighted by Crippen LogP contribution is 2.25. The van der Waals surface area contributed by atoms with Gasteiger partial charge in [-0.15, -0.1) is 0 Å². The molecule has 3 aromatic heterocycles. The van der Waals surface area contributed by atoms with Crippen LogP contribution in [0.3, 0.4) is 0 Å². The average Bonchev–Trinajstić information content (AvgIpc) is 3.33. The van der Waals surface area contributed by atoms with E-state index in [-0.39, 0.29) is 30.7 Å². The Morgan fingerprint density at radius 3 is 2.68 bits per heavy atom. The van der Waals surface area contributed by atoms with Crippen molar-refractivity contribution in [2.75, 3.05) is 13.7 Å². The third-order valence-corrected chi connectivity index (χ3v) is 6.08. The van der Waals surface area contributed by atoms with Gasteiger partial charge in [0.25, 0.3) is 0 Å². The van der Waals surface area contributed by atoms with Crippen LogP contribution in [0.2, 0.25) is 0 Å². The number of fused-ring (bicyclic) bond motifs is 1. The number of benzene rings is 1. The lowest BCUT2D eigenvalue weighted by Crippen LogP contribution is -2.09. The largest absolute Gasteiger partial charge is 0.497 e. The molecule has 0 spiro atoms. The van der Waals surface area contributed by atoms with Crippen molar-refractivity contribution in [3.63, 3.8) is 0 Å². The number of ether oxygens (including phenoxy) is 2. The quantitative estimate of drug-likeness (QED) is 0.383. The van der Waals surface area contributed by atoms with Gasteiger partial charge in [0, 0.05) is 30.0 Å². The number of aromatic hydroxyl groups is 2. The standard InChI is InChI=1S/C21H22N4O5S/c1-13-17(12-31(28)21-23-15-4-3-14(29-2)11-16(15)24-21)22-8-7-18(13)30-10-9-25-19(26)5-6-20(25)27/h3-8,11,26-27H,9-10,12H2,1-2H3,(H,23,24). The van der Waals surface area contributed by atoms with Crippen LogP contribution in [-0.2, 0) is 23.1 Å². The van der Waals surface area contributed by atoms with Crippen molar-refractivity contribution in [2.24, 2.45) is 0 Å². The molecular formula is C21H22N4O5S. The molecule has 1 atom stereocenters. The van der Waals surface area contributed by atoms with Gasteiger partial charge in [-0.1, -0.05) is 0 Å². The van der Waals surface area contributed by atoms with E-state index in [1.807, 2.05) is 13.0 Å². The lowest BCUT2D eigenvalue weighted by molar-refractivity contribution is 0.273. The van der Waals surface area contributed by atoms with E-state index in [0.29, 0.717) is 27.9 Å². The maximum absolute atomic E-state index is 12.9. The second-order valence-corrected chi connectivity index (χ2v) is 8.21. The third kappa shape index (κ3) is 4.33. The molecule has 1 unspecified atom stereocenters. The van der Waals surface area contributed by atoms with E-state index in [1.165, 1.54) is 16.7 Å². The fraction of sp³-hybridized carbons (Fsp3) is 0.238. The van der Waals surface area contributed by atoms with Crippen molar-refractivity contribution in [1.82, 2.24) is 19.5 Å². The second kappa shape index (κ2) is 8.68. The van der Waals surface area contributed by atoms with Crippen LogP contribution in [0.5, 0.6) is 23.3 Å². The van der Waals surface area contributed by atoms with Gasteiger partial charge in [0.1, 0.15) is 18.1 Å². The molecule has 4 aromatic rings. The number of nitrogens with zero attached hydrogens (tertiary/aromatic N) is 3. The highest BCUT2D eigenvalue weighted by molar-refractivity contribution is 7.84. The van der Waals surface area contributed by atoms with Crippen molar-refractivity contribution in [3.05, 3.63) is 53.9 Å². The zero-order valence-electron chi connectivity index (χ0n) is 17.0. The second-order valence-electron chi connectivity index (χ2n) is 6.85. The predicted molar refractivity (Wildman–Crippen MR) is 115 cm³/mol. The Morgan fingerprint density at radius 2 is 1.94 bits per heavy atom. The molecule has 9 nitrogen and oxygen atoms in total. The Labute approximate surface area is 180 Å². The summed E-state index contributed by atoms with van der Waals surface area (Å²) in [5.74, 6) is 1.40. The van der Waals surface area contributed by atoms with Gasteiger partial charge in [0.05, 0.1) is 46.9 Å². The van der Waals surface area contributed by atoms with Gasteiger partial charge in [0.2, 0.25) is 0 Å². The van der Waals surface area contributed by atoms with E-state index in [4.69, 9.17) is 9.47 Å². The van der Waals surface area contributed by atoms with Gasteiger partial charge in [-0.3, -0.25) is 13.8 Å². The topological polar surface area (TPSA) is 122 Å². The molecule has 0 aliphatic rings. The lowest BCUT2D eigenvalue weighted by atomic mass is 10.2. The summed E-state index contributed by atoms with van der Waals surface area (Å²) in [7, 11) is 0.161. The normalized spacial score (nSPS) is 12.2. The summed E-state index contributed by atoms with van der Waals surface area (Å²) >= 11 is 0. The molecule has 0 saturated carbocycles. The molecule has 0 saturated heterocycles. The van der Waals surface area contributed by atoms with Gasteiger partial charge in [0.15, 0.2) is 16.9 Å². The van der Waals surface area contributed by atoms with Crippen molar-refractivity contribution in [2.45, 2.75) is 24.4 Å². The van der Waals surface area contributed by atoms with Crippen LogP contribution in [0, 0.1) is 6.92 Å². The number of aromatic nitrogens is 4. The number of rotatable bonds is 8. The number of nitrogens with one attached hydrogen (secondary N) is 1. The summed E-state index contributed by atoms with van der Waals surface area (Å²) in [4.78, 5) is 11.8. The number of pyridine rings is 1. The summed E-state index contributed by atoms with van der Waals surface area (Å²) in [6, 6.07) is 9.97. The van der Waals surface area contributed by atoms with Gasteiger partial charge in [-0.05, 0) is 25.1 Å². The zero-order valence-corrected chi connectivity index (χ0v) is 17.8. The van der Waals surface area contributed by atoms with Crippen LogP contribution in [0.25, 0.3) is 11.0 Å². The smallest absolute Gasteiger partial charge is 0.197 e. The number of H-pyrrole nitrogens is 1. The van der Waals surface area contributed by atoms with E-state index >= 15 is 0 Å². The molecule has 10 heteroatoms. The van der Waals surface area contributed by atoms with E-state index in [2.05, 4.69) is 15.0 Å². The number of hydrogen-bond acceptors (Lipinski definition) is 7. The van der Waals surface area contributed by atoms with Crippen LogP contribution in [0.1, 0.15) is 11.3 Å². The number of aromatic amines is 1. The van der Waals surface area contributed by atoms with Crippen molar-refractivity contribution < 1.29 is 23.9 Å². The van der Waals surface area contributed by atoms with Crippen LogP contribution in [-0.4, -0.2) is 47.7 Å². The number of methoxy groups -OCH3 is 1. The fourth-order valence-electron chi connectivity index (χ4n) is 3.18. The molecule has 3 N–H and O–H groups in total. The Balaban J connectivity index is 1.45. The maximum atomic E-state index is 12.9. The SMILES string of the molecule is COc1ccc2nc(S(=O)Cc3nccc(OCCn4c(O)ccc4O)c3C)[nH]c2c1. The molecule has 31 heavy (non-hydrogen) atoms. The molecule has 0 aliphatic carbocycles. The first-order valence-corrected chi connectivity index (χ1v) is 10.8. The van der Waals surface area contributed by atoms with Gasteiger partial charge >= 0.3 is 0 Å². The minimum Gasteiger partial charge on any atom is -0.497 e. The van der Waals surface area contributed by atoms with Gasteiger partial charge in [-0.2, -0.15) is 0 Å². The summed E-state index contributed by atoms with van der Waals surface area (Å²) in [5.41, 5.74) is 2.87. The molecule has 3 heterocycles. The Kier molecular flexibility index (Phi) is 5.81. The third-order valence-electron chi connectivity index (χ3n) is 4.92. The first-order valence-electron chi connectivity index (χ1n) is 9.53. The molecule has 4 rings (SSSR count). The summed E-state index contributed by atoms with van der Waals surface area (Å²) in [6.07, 6.45) is 1.60. The number of imidazole rings is 1. The monoisotopic (exact) mass is 442 g/mol. The molecular weight excluding hydrogens is 420 g/mol. The number of hydrogen-bond donors (Lipinski definition) is 3. The van der Waals surface area contributed by atoms with Crippen LogP contribution in [0.15, 0.2) is 47.8 Å². The van der Waals surface area contributed by atoms with Crippen molar-refractivity contribution in [3.8, 4) is 23.3 Å². The molecule has 0 aliphatic heterocycles. The first kappa shape index (κ1) is 20.7. The molecule has 1 aromatic carbocycles. The molecule has 0 fully saturated rings. The molecule has 0 radical (unpaired) electrons. The average molecular weight is 442 g/mol. The Morgan fingerprint density at radius 1 is 1.16 bits per heavy atom.